The third kappa shape index (κ3) is 3.98. The van der Waals surface area contributed by atoms with Gasteiger partial charge in [0.05, 0.1) is 0 Å². The molecule has 0 unspecified atom stereocenters. The number of nitrogens with zero attached hydrogens (tertiary/aromatic N) is 1. The van der Waals surface area contributed by atoms with Crippen LogP contribution in [-0.2, 0) is 18.4 Å². The average Bonchev–Trinajstić information content (AvgIpc) is 1.41. The Balaban J connectivity index is 2.65. The van der Waals surface area contributed by atoms with Gasteiger partial charge in [0.1, 0.15) is 0 Å². The molecule has 0 spiro atoms. The van der Waals surface area contributed by atoms with Crippen molar-refractivity contribution in [1.82, 2.24) is 5.43 Å². The molecule has 0 aliphatic carbocycles. The summed E-state index contributed by atoms with van der Waals surface area (Å²) in [7, 11) is 0. The topological polar surface area (TPSA) is 24.4 Å². The summed E-state index contributed by atoms with van der Waals surface area (Å²) >= 11 is 1.45. The van der Waals surface area contributed by atoms with E-state index in [0.717, 1.165) is 0 Å². The fourth-order valence-electron chi connectivity index (χ4n) is 0.0264. The molecular weight excluding hydrogens is 242 g/mol. The van der Waals surface area contributed by atoms with Gasteiger partial charge in [0.15, 0.2) is 0 Å². The first-order valence-electron chi connectivity index (χ1n) is 1.00. The van der Waals surface area contributed by atoms with Crippen molar-refractivity contribution in [3.63, 3.8) is 0 Å². The maximum atomic E-state index is 4.81. The second-order valence-corrected chi connectivity index (χ2v) is 0.943. The van der Waals surface area contributed by atoms with Gasteiger partial charge in [-0.05, 0) is 0 Å². The van der Waals surface area contributed by atoms with Crippen molar-refractivity contribution in [1.29, 1.82) is 0 Å². The van der Waals surface area contributed by atoms with Crippen LogP contribution in [0.1, 0.15) is 0 Å². The van der Waals surface area contributed by atoms with E-state index in [2.05, 4.69) is 9.18 Å². The van der Waals surface area contributed by atoms with Crippen LogP contribution in [0.25, 0.3) is 0 Å². The van der Waals surface area contributed by atoms with Gasteiger partial charge < -0.3 is 0 Å². The van der Waals surface area contributed by atoms with Crippen molar-refractivity contribution in [3.05, 3.63) is 12.8 Å². The molecule has 0 amide bonds. The van der Waals surface area contributed by atoms with E-state index in [1.165, 1.54) is 24.6 Å². The summed E-state index contributed by atoms with van der Waals surface area (Å²) < 4.78 is 3.45. The molecule has 5 heavy (non-hydrogen) atoms. The summed E-state index contributed by atoms with van der Waals surface area (Å²) in [4.78, 5) is 0. The normalized spacial score (nSPS) is 5.80. The predicted octanol–water partition coefficient (Wildman–Crippen LogP) is 0.168. The molecule has 1 N–H and O–H groups in total. The zero-order valence-corrected chi connectivity index (χ0v) is 5.00. The van der Waals surface area contributed by atoms with Gasteiger partial charge in [-0.1, -0.05) is 0 Å². The van der Waals surface area contributed by atoms with E-state index in [1.54, 1.807) is 0 Å². The molecule has 0 fully saturated rings. The van der Waals surface area contributed by atoms with Gasteiger partial charge in [0, 0.05) is 0 Å². The van der Waals surface area contributed by atoms with Crippen LogP contribution in [0.5, 0.6) is 0 Å². The van der Waals surface area contributed by atoms with Crippen molar-refractivity contribution >= 4 is 0 Å². The van der Waals surface area contributed by atoms with Crippen LogP contribution in [0.2, 0.25) is 0 Å². The first-order chi connectivity index (χ1) is 2.41. The van der Waals surface area contributed by atoms with Gasteiger partial charge in [-0.15, -0.1) is 0 Å². The predicted molar refractivity (Wildman–Crippen MR) is 14.4 cm³/mol. The summed E-state index contributed by atoms with van der Waals surface area (Å²) in [6.07, 6.45) is 1.27. The fraction of sp³-hybridized carbons (Fsp3) is 0. The van der Waals surface area contributed by atoms with Gasteiger partial charge in [-0.25, -0.2) is 0 Å². The van der Waals surface area contributed by atoms with Crippen LogP contribution in [-0.4, -0.2) is 0 Å². The van der Waals surface area contributed by atoms with E-state index in [9.17, 15) is 0 Å². The summed E-state index contributed by atoms with van der Waals surface area (Å²) in [5.74, 6) is 0. The minimum absolute atomic E-state index is 1.27. The van der Waals surface area contributed by atoms with Gasteiger partial charge in [-0.3, -0.25) is 0 Å². The van der Waals surface area contributed by atoms with Gasteiger partial charge in [0.2, 0.25) is 0 Å². The van der Waals surface area contributed by atoms with Crippen LogP contribution < -0.4 is 5.43 Å². The van der Waals surface area contributed by atoms with Crippen molar-refractivity contribution in [2.24, 2.45) is 3.76 Å². The maximum absolute atomic E-state index is 4.81. The molecule has 0 saturated carbocycles. The van der Waals surface area contributed by atoms with Gasteiger partial charge >= 0.3 is 40.4 Å². The van der Waals surface area contributed by atoms with E-state index in [0.29, 0.717) is 0 Å². The molecule has 0 radical (unpaired) electrons. The van der Waals surface area contributed by atoms with E-state index >= 15 is 0 Å². The molecule has 0 aliphatic heterocycles. The number of nitrogens with one attached hydrogen (secondary N) is 1. The van der Waals surface area contributed by atoms with E-state index < -0.39 is 0 Å². The summed E-state index contributed by atoms with van der Waals surface area (Å²) in [6.45, 7) is 4.81. The zero-order valence-electron chi connectivity index (χ0n) is 2.46. The molecule has 0 saturated heterocycles. The third-order valence-corrected chi connectivity index (χ3v) is 0.448. The summed E-state index contributed by atoms with van der Waals surface area (Å²) in [5.41, 5.74) is 2.40. The van der Waals surface area contributed by atoms with Gasteiger partial charge in [0.25, 0.3) is 0 Å². The molecule has 0 atom stereocenters. The van der Waals surface area contributed by atoms with Crippen molar-refractivity contribution in [2.45, 2.75) is 0 Å². The molecular formula is C2H3N2Os-. The first-order valence-corrected chi connectivity index (χ1v) is 2.14. The molecule has 30 valence electrons. The monoisotopic (exact) mass is 247 g/mol. The molecule has 3 heteroatoms. The van der Waals surface area contributed by atoms with Gasteiger partial charge in [-0.2, -0.15) is 0 Å². The van der Waals surface area contributed by atoms with Crippen molar-refractivity contribution in [2.75, 3.05) is 0 Å². The van der Waals surface area contributed by atoms with Crippen LogP contribution >= 0.6 is 0 Å². The standard InChI is InChI=1S/C2H3N2.Os/c1-2-4-3;/h1-2,4H;/q-1;. The molecule has 0 aromatic rings. The first kappa shape index (κ1) is 4.98. The summed E-state index contributed by atoms with van der Waals surface area (Å²) in [5, 5.41) is 0. The SMILES string of the molecule is [CH-]=CN[N]=[Os]. The van der Waals surface area contributed by atoms with E-state index in [-0.39, 0.29) is 0 Å². The van der Waals surface area contributed by atoms with E-state index in [1.807, 2.05) is 0 Å². The van der Waals surface area contributed by atoms with Crippen LogP contribution in [0, 0.1) is 6.58 Å². The third-order valence-electron chi connectivity index (χ3n) is 0.120. The Bertz CT molecular complexity index is 36.9. The Morgan fingerprint density at radius 2 is 2.60 bits per heavy atom. The summed E-state index contributed by atoms with van der Waals surface area (Å²) in [6, 6.07) is 0. The molecule has 0 aliphatic rings. The molecule has 0 aromatic heterocycles. The molecule has 0 aromatic carbocycles. The molecule has 0 heterocycles. The molecule has 0 rings (SSSR count). The average molecular weight is 245 g/mol. The number of hydrogen-bond donors (Lipinski definition) is 1. The Labute approximate surface area is 41.0 Å². The van der Waals surface area contributed by atoms with Crippen molar-refractivity contribution in [3.8, 4) is 0 Å². The molecule has 0 bridgehead atoms. The zero-order chi connectivity index (χ0) is 4.12. The quantitative estimate of drug-likeness (QED) is 0.544. The van der Waals surface area contributed by atoms with Crippen molar-refractivity contribution < 1.29 is 18.4 Å². The van der Waals surface area contributed by atoms with E-state index in [4.69, 9.17) is 6.58 Å². The minimum atomic E-state index is 1.27. The Morgan fingerprint density at radius 1 is 2.00 bits per heavy atom. The second kappa shape index (κ2) is 3.98. The number of rotatable bonds is 2. The Morgan fingerprint density at radius 3 is 2.60 bits per heavy atom. The molecule has 2 nitrogen and oxygen atoms in total. The number of hydrogen-bond acceptors (Lipinski definition) is 2. The Hall–Kier alpha value is -0.0236. The van der Waals surface area contributed by atoms with Crippen LogP contribution in [0.4, 0.5) is 0 Å². The fourth-order valence-corrected chi connectivity index (χ4v) is 0.216. The Kier molecular flexibility index (Phi) is 3.96. The van der Waals surface area contributed by atoms with Crippen LogP contribution in [0.15, 0.2) is 9.96 Å². The second-order valence-electron chi connectivity index (χ2n) is 0.375. The van der Waals surface area contributed by atoms with Crippen LogP contribution in [0.3, 0.4) is 0 Å².